The first kappa shape index (κ1) is 14.5. The van der Waals surface area contributed by atoms with Crippen LogP contribution in [-0.2, 0) is 4.74 Å². The Morgan fingerprint density at radius 3 is 1.85 bits per heavy atom. The van der Waals surface area contributed by atoms with Gasteiger partial charge in [-0.3, -0.25) is 0 Å². The molecule has 0 radical (unpaired) electrons. The summed E-state index contributed by atoms with van der Waals surface area (Å²) in [4.78, 5) is 0. The smallest absolute Gasteiger partial charge is 0.0718 e. The fourth-order valence-electron chi connectivity index (χ4n) is 2.62. The Balaban J connectivity index is 2.40. The maximum Gasteiger partial charge on any atom is 0.0718 e. The summed E-state index contributed by atoms with van der Waals surface area (Å²) in [6.07, 6.45) is 2.92. The number of rotatable bonds is 7. The second-order valence-electron chi connectivity index (χ2n) is 4.82. The van der Waals surface area contributed by atoms with Crippen LogP contribution in [0.5, 0.6) is 0 Å². The van der Waals surface area contributed by atoms with E-state index in [-0.39, 0.29) is 12.0 Å². The summed E-state index contributed by atoms with van der Waals surface area (Å²) in [5, 5.41) is 0. The normalized spacial score (nSPS) is 12.3. The van der Waals surface area contributed by atoms with Crippen molar-refractivity contribution in [2.45, 2.75) is 25.4 Å². The fourth-order valence-corrected chi connectivity index (χ4v) is 2.62. The van der Waals surface area contributed by atoms with E-state index in [1.54, 1.807) is 0 Å². The minimum absolute atomic E-state index is 0.127. The molecular formula is C19H22O. The SMILES string of the molecule is C=CCC(OCC)C(c1ccccc1)c1ccccc1. The van der Waals surface area contributed by atoms with E-state index in [1.165, 1.54) is 11.1 Å². The maximum absolute atomic E-state index is 5.98. The average molecular weight is 266 g/mol. The lowest BCUT2D eigenvalue weighted by molar-refractivity contribution is 0.0536. The zero-order valence-electron chi connectivity index (χ0n) is 12.0. The van der Waals surface area contributed by atoms with Gasteiger partial charge in [-0.2, -0.15) is 0 Å². The highest BCUT2D eigenvalue weighted by molar-refractivity contribution is 5.34. The summed E-state index contributed by atoms with van der Waals surface area (Å²) < 4.78 is 5.98. The maximum atomic E-state index is 5.98. The van der Waals surface area contributed by atoms with E-state index in [0.29, 0.717) is 6.61 Å². The molecule has 2 rings (SSSR count). The minimum atomic E-state index is 0.127. The molecule has 1 atom stereocenters. The summed E-state index contributed by atoms with van der Waals surface area (Å²) in [6.45, 7) is 6.63. The summed E-state index contributed by atoms with van der Waals surface area (Å²) in [5.41, 5.74) is 2.58. The molecular weight excluding hydrogens is 244 g/mol. The lowest BCUT2D eigenvalue weighted by atomic mass is 9.85. The van der Waals surface area contributed by atoms with Crippen molar-refractivity contribution in [3.8, 4) is 0 Å². The largest absolute Gasteiger partial charge is 0.377 e. The van der Waals surface area contributed by atoms with Gasteiger partial charge in [0, 0.05) is 12.5 Å². The van der Waals surface area contributed by atoms with Gasteiger partial charge in [-0.1, -0.05) is 66.7 Å². The molecule has 2 aromatic rings. The molecule has 1 unspecified atom stereocenters. The standard InChI is InChI=1S/C19H22O/c1-3-11-18(20-4-2)19(16-12-7-5-8-13-16)17-14-9-6-10-15-17/h3,5-10,12-15,18-19H,1,4,11H2,2H3. The van der Waals surface area contributed by atoms with E-state index in [2.05, 4.69) is 67.2 Å². The molecule has 0 aliphatic rings. The van der Waals surface area contributed by atoms with Gasteiger partial charge < -0.3 is 4.74 Å². The summed E-state index contributed by atoms with van der Waals surface area (Å²) >= 11 is 0. The first-order chi connectivity index (χ1) is 9.86. The van der Waals surface area contributed by atoms with Gasteiger partial charge >= 0.3 is 0 Å². The Labute approximate surface area is 121 Å². The van der Waals surface area contributed by atoms with Crippen LogP contribution in [0, 0.1) is 0 Å². The van der Waals surface area contributed by atoms with E-state index < -0.39 is 0 Å². The van der Waals surface area contributed by atoms with Gasteiger partial charge in [0.2, 0.25) is 0 Å². The van der Waals surface area contributed by atoms with Crippen LogP contribution in [0.2, 0.25) is 0 Å². The number of ether oxygens (including phenoxy) is 1. The third kappa shape index (κ3) is 3.58. The molecule has 1 nitrogen and oxygen atoms in total. The Morgan fingerprint density at radius 2 is 1.45 bits per heavy atom. The van der Waals surface area contributed by atoms with Crippen LogP contribution < -0.4 is 0 Å². The summed E-state index contributed by atoms with van der Waals surface area (Å²) in [6, 6.07) is 21.1. The van der Waals surface area contributed by atoms with Gasteiger partial charge in [-0.25, -0.2) is 0 Å². The molecule has 0 aliphatic carbocycles. The first-order valence-corrected chi connectivity index (χ1v) is 7.19. The van der Waals surface area contributed by atoms with E-state index in [9.17, 15) is 0 Å². The minimum Gasteiger partial charge on any atom is -0.377 e. The molecule has 20 heavy (non-hydrogen) atoms. The number of hydrogen-bond donors (Lipinski definition) is 0. The molecule has 0 heterocycles. The van der Waals surface area contributed by atoms with Crippen LogP contribution in [0.4, 0.5) is 0 Å². The Bertz CT molecular complexity index is 464. The number of benzene rings is 2. The number of hydrogen-bond acceptors (Lipinski definition) is 1. The van der Waals surface area contributed by atoms with Crippen molar-refractivity contribution in [1.29, 1.82) is 0 Å². The van der Waals surface area contributed by atoms with Crippen molar-refractivity contribution in [3.63, 3.8) is 0 Å². The second-order valence-corrected chi connectivity index (χ2v) is 4.82. The Kier molecular flexibility index (Phi) is 5.57. The second kappa shape index (κ2) is 7.66. The zero-order chi connectivity index (χ0) is 14.2. The Morgan fingerprint density at radius 1 is 0.950 bits per heavy atom. The molecule has 0 saturated carbocycles. The molecule has 0 aliphatic heterocycles. The van der Waals surface area contributed by atoms with Crippen molar-refractivity contribution in [2.24, 2.45) is 0 Å². The quantitative estimate of drug-likeness (QED) is 0.654. The molecule has 0 spiro atoms. The van der Waals surface area contributed by atoms with Gasteiger partial charge in [0.15, 0.2) is 0 Å². The van der Waals surface area contributed by atoms with Crippen molar-refractivity contribution < 1.29 is 4.74 Å². The average Bonchev–Trinajstić information content (AvgIpc) is 2.50. The first-order valence-electron chi connectivity index (χ1n) is 7.19. The molecule has 0 fully saturated rings. The van der Waals surface area contributed by atoms with E-state index in [4.69, 9.17) is 4.74 Å². The molecule has 0 amide bonds. The zero-order valence-corrected chi connectivity index (χ0v) is 12.0. The van der Waals surface area contributed by atoms with E-state index in [1.807, 2.05) is 13.0 Å². The highest BCUT2D eigenvalue weighted by Gasteiger charge is 2.24. The fraction of sp³-hybridized carbons (Fsp3) is 0.263. The highest BCUT2D eigenvalue weighted by atomic mass is 16.5. The van der Waals surface area contributed by atoms with Gasteiger partial charge in [0.25, 0.3) is 0 Å². The highest BCUT2D eigenvalue weighted by Crippen LogP contribution is 2.31. The summed E-state index contributed by atoms with van der Waals surface area (Å²) in [7, 11) is 0. The van der Waals surface area contributed by atoms with Crippen molar-refractivity contribution in [3.05, 3.63) is 84.4 Å². The van der Waals surface area contributed by atoms with Crippen molar-refractivity contribution in [2.75, 3.05) is 6.61 Å². The molecule has 0 aromatic heterocycles. The van der Waals surface area contributed by atoms with Crippen molar-refractivity contribution in [1.82, 2.24) is 0 Å². The monoisotopic (exact) mass is 266 g/mol. The molecule has 0 N–H and O–H groups in total. The van der Waals surface area contributed by atoms with Crippen LogP contribution in [0.15, 0.2) is 73.3 Å². The lowest BCUT2D eigenvalue weighted by Crippen LogP contribution is -2.23. The lowest BCUT2D eigenvalue weighted by Gasteiger charge is -2.27. The molecule has 1 heteroatoms. The van der Waals surface area contributed by atoms with Crippen molar-refractivity contribution >= 4 is 0 Å². The van der Waals surface area contributed by atoms with Gasteiger partial charge in [-0.05, 0) is 24.5 Å². The summed E-state index contributed by atoms with van der Waals surface area (Å²) in [5.74, 6) is 0.246. The van der Waals surface area contributed by atoms with Crippen LogP contribution in [0.1, 0.15) is 30.4 Å². The molecule has 0 saturated heterocycles. The van der Waals surface area contributed by atoms with Crippen LogP contribution in [-0.4, -0.2) is 12.7 Å². The molecule has 104 valence electrons. The van der Waals surface area contributed by atoms with E-state index in [0.717, 1.165) is 6.42 Å². The van der Waals surface area contributed by atoms with Crippen LogP contribution in [0.3, 0.4) is 0 Å². The third-order valence-corrected chi connectivity index (χ3v) is 3.47. The molecule has 0 bridgehead atoms. The van der Waals surface area contributed by atoms with Gasteiger partial charge in [-0.15, -0.1) is 6.58 Å². The van der Waals surface area contributed by atoms with E-state index >= 15 is 0 Å². The van der Waals surface area contributed by atoms with Gasteiger partial charge in [0.05, 0.1) is 6.10 Å². The molecule has 2 aromatic carbocycles. The van der Waals surface area contributed by atoms with Crippen LogP contribution >= 0.6 is 0 Å². The third-order valence-electron chi connectivity index (χ3n) is 3.47. The topological polar surface area (TPSA) is 9.23 Å². The predicted octanol–water partition coefficient (Wildman–Crippen LogP) is 4.80. The Hall–Kier alpha value is -1.86. The van der Waals surface area contributed by atoms with Crippen LogP contribution in [0.25, 0.3) is 0 Å². The van der Waals surface area contributed by atoms with Gasteiger partial charge in [0.1, 0.15) is 0 Å². The predicted molar refractivity (Wildman–Crippen MR) is 85.0 cm³/mol.